The second kappa shape index (κ2) is 11.9. The largest absolute Gasteiger partial charge is 0.309 e. The highest BCUT2D eigenvalue weighted by atomic mass is 28.3. The molecule has 3 heteroatoms. The van der Waals surface area contributed by atoms with Crippen LogP contribution in [0, 0.1) is 0 Å². The Bertz CT molecular complexity index is 3260. The molecule has 0 aliphatic carbocycles. The monoisotopic (exact) mass is 675 g/mol. The van der Waals surface area contributed by atoms with E-state index in [0.717, 1.165) is 38.3 Å². The van der Waals surface area contributed by atoms with E-state index in [1.807, 2.05) is 102 Å². The zero-order chi connectivity index (χ0) is 41.6. The van der Waals surface area contributed by atoms with E-state index in [9.17, 15) is 8.22 Å². The van der Waals surface area contributed by atoms with Crippen molar-refractivity contribution in [2.75, 3.05) is 0 Å². The lowest BCUT2D eigenvalue weighted by Gasteiger charge is -2.34. The first-order chi connectivity index (χ1) is 29.1. The molecule has 0 atom stereocenters. The highest BCUT2D eigenvalue weighted by molar-refractivity contribution is 7.19. The number of aromatic nitrogens is 2. The third-order valence-electron chi connectivity index (χ3n) is 9.99. The molecule has 51 heavy (non-hydrogen) atoms. The summed E-state index contributed by atoms with van der Waals surface area (Å²) in [6.45, 7) is 0. The molecule has 0 unspecified atom stereocenters. The summed E-state index contributed by atoms with van der Waals surface area (Å²) < 4.78 is 88.1. The van der Waals surface area contributed by atoms with Gasteiger partial charge in [0.2, 0.25) is 0 Å². The van der Waals surface area contributed by atoms with Gasteiger partial charge in [0.05, 0.1) is 34.4 Å². The van der Waals surface area contributed by atoms with E-state index < -0.39 is 50.4 Å². The lowest BCUT2D eigenvalue weighted by atomic mass is 10.1. The quantitative estimate of drug-likeness (QED) is 0.123. The van der Waals surface area contributed by atoms with Gasteiger partial charge in [0.1, 0.15) is 0 Å². The van der Waals surface area contributed by atoms with Gasteiger partial charge in [-0.25, -0.2) is 0 Å². The van der Waals surface area contributed by atoms with Crippen molar-refractivity contribution in [3.05, 3.63) is 206 Å². The number of benzene rings is 8. The van der Waals surface area contributed by atoms with Crippen molar-refractivity contribution >= 4 is 72.4 Å². The standard InChI is InChI=1S/C48H34N2Si/c1-4-18-37(19-5-1)51(38-20-6-2-7-21-38,39-22-8-3-9-23-39)40-24-16-17-35(33-40)49-47-30-15-12-27-43(47)44-34-36(31-32-48(44)49)50-45-28-13-10-25-41(45)42-26-11-14-29-46(42)50/h1-34H/i1D,4D,5D,16D,17D,18D,19D,24D,33D. The third kappa shape index (κ3) is 4.49. The van der Waals surface area contributed by atoms with Crippen molar-refractivity contribution in [1.82, 2.24) is 9.13 Å². The van der Waals surface area contributed by atoms with Gasteiger partial charge in [-0.05, 0) is 69.2 Å². The van der Waals surface area contributed by atoms with Crippen LogP contribution in [-0.2, 0) is 0 Å². The molecule has 0 fully saturated rings. The van der Waals surface area contributed by atoms with Gasteiger partial charge in [0.15, 0.2) is 8.07 Å². The van der Waals surface area contributed by atoms with Crippen LogP contribution >= 0.6 is 0 Å². The molecular formula is C48H34N2Si. The minimum absolute atomic E-state index is 0.0194. The van der Waals surface area contributed by atoms with Gasteiger partial charge in [-0.3, -0.25) is 0 Å². The van der Waals surface area contributed by atoms with Crippen LogP contribution in [0.3, 0.4) is 0 Å². The zero-order valence-corrected chi connectivity index (χ0v) is 28.3. The van der Waals surface area contributed by atoms with E-state index >= 15 is 0 Å². The van der Waals surface area contributed by atoms with Gasteiger partial charge in [-0.2, -0.15) is 0 Å². The van der Waals surface area contributed by atoms with E-state index in [1.165, 1.54) is 0 Å². The molecule has 0 aliphatic heterocycles. The predicted molar refractivity (Wildman–Crippen MR) is 219 cm³/mol. The number of hydrogen-bond acceptors (Lipinski definition) is 0. The minimum atomic E-state index is -4.29. The Labute approximate surface area is 310 Å². The average molecular weight is 676 g/mol. The molecule has 0 saturated carbocycles. The summed E-state index contributed by atoms with van der Waals surface area (Å²) >= 11 is 0. The van der Waals surface area contributed by atoms with Gasteiger partial charge in [-0.15, -0.1) is 0 Å². The van der Waals surface area contributed by atoms with E-state index in [2.05, 4.69) is 34.9 Å². The van der Waals surface area contributed by atoms with Gasteiger partial charge >= 0.3 is 0 Å². The predicted octanol–water partition coefficient (Wildman–Crippen LogP) is 9.26. The maximum atomic E-state index is 10.3. The summed E-state index contributed by atoms with van der Waals surface area (Å²) in [5.74, 6) is 0. The summed E-state index contributed by atoms with van der Waals surface area (Å²) in [5, 5.41) is 5.14. The van der Waals surface area contributed by atoms with Crippen molar-refractivity contribution in [2.45, 2.75) is 0 Å². The molecular weight excluding hydrogens is 633 g/mol. The molecule has 0 bridgehead atoms. The van der Waals surface area contributed by atoms with Crippen LogP contribution in [0.25, 0.3) is 55.0 Å². The van der Waals surface area contributed by atoms with E-state index in [1.54, 1.807) is 24.3 Å². The highest BCUT2D eigenvalue weighted by Gasteiger charge is 2.41. The fraction of sp³-hybridized carbons (Fsp3) is 0. The Kier molecular flexibility index (Phi) is 5.03. The van der Waals surface area contributed by atoms with E-state index in [4.69, 9.17) is 4.11 Å². The number of fused-ring (bicyclic) bond motifs is 6. The van der Waals surface area contributed by atoms with Crippen LogP contribution in [0.4, 0.5) is 0 Å². The number of rotatable bonds is 6. The smallest absolute Gasteiger partial charge is 0.179 e. The van der Waals surface area contributed by atoms with Crippen LogP contribution in [0.1, 0.15) is 12.3 Å². The Morgan fingerprint density at radius 3 is 1.41 bits per heavy atom. The minimum Gasteiger partial charge on any atom is -0.309 e. The molecule has 8 aromatic carbocycles. The Hall–Kier alpha value is -6.42. The van der Waals surface area contributed by atoms with Gasteiger partial charge in [0.25, 0.3) is 0 Å². The second-order valence-corrected chi connectivity index (χ2v) is 16.3. The Morgan fingerprint density at radius 2 is 0.824 bits per heavy atom. The SMILES string of the molecule is [2H]c1c([2H])c([2H])c([Si](c2ccccc2)(c2ccccc2)c2c([2H])c([2H])c([2H])c(-n3c4ccccc4c4cc(-n5c6ccccc6c6ccccc65)ccc43)c2[2H])c([2H])c1[2H]. The van der Waals surface area contributed by atoms with Crippen LogP contribution in [0.15, 0.2) is 206 Å². The molecule has 10 rings (SSSR count). The van der Waals surface area contributed by atoms with Crippen molar-refractivity contribution in [3.63, 3.8) is 0 Å². The molecule has 2 nitrogen and oxygen atoms in total. The summed E-state index contributed by atoms with van der Waals surface area (Å²) in [7, 11) is -4.29. The van der Waals surface area contributed by atoms with Gasteiger partial charge in [0, 0.05) is 32.9 Å². The van der Waals surface area contributed by atoms with Gasteiger partial charge < -0.3 is 9.13 Å². The van der Waals surface area contributed by atoms with Gasteiger partial charge in [-0.1, -0.05) is 158 Å². The summed E-state index contributed by atoms with van der Waals surface area (Å²) in [6.07, 6.45) is 0. The number of nitrogens with zero attached hydrogens (tertiary/aromatic N) is 2. The summed E-state index contributed by atoms with van der Waals surface area (Å²) in [5.41, 5.74) is 4.46. The maximum Gasteiger partial charge on any atom is 0.179 e. The third-order valence-corrected chi connectivity index (χ3v) is 14.4. The lowest BCUT2D eigenvalue weighted by Crippen LogP contribution is -2.74. The Balaban J connectivity index is 1.35. The van der Waals surface area contributed by atoms with E-state index in [0.29, 0.717) is 21.4 Å². The topological polar surface area (TPSA) is 9.86 Å². The number of hydrogen-bond donors (Lipinski definition) is 0. The first-order valence-electron chi connectivity index (χ1n) is 21.4. The molecule has 0 amide bonds. The van der Waals surface area contributed by atoms with Crippen LogP contribution < -0.4 is 20.7 Å². The Morgan fingerprint density at radius 1 is 0.353 bits per heavy atom. The molecule has 2 heterocycles. The molecule has 0 N–H and O–H groups in total. The van der Waals surface area contributed by atoms with Crippen LogP contribution in [-0.4, -0.2) is 17.2 Å². The highest BCUT2D eigenvalue weighted by Crippen LogP contribution is 2.36. The lowest BCUT2D eigenvalue weighted by molar-refractivity contribution is 1.17. The molecule has 10 aromatic rings. The zero-order valence-electron chi connectivity index (χ0n) is 36.3. The normalized spacial score (nSPS) is 14.4. The van der Waals surface area contributed by atoms with Crippen molar-refractivity contribution < 1.29 is 12.3 Å². The molecule has 0 radical (unpaired) electrons. The molecule has 2 aromatic heterocycles. The molecule has 0 spiro atoms. The molecule has 0 aliphatic rings. The molecule has 0 saturated heterocycles. The second-order valence-electron chi connectivity index (χ2n) is 12.6. The van der Waals surface area contributed by atoms with Crippen molar-refractivity contribution in [3.8, 4) is 11.4 Å². The first kappa shape index (κ1) is 21.6. The average Bonchev–Trinajstić information content (AvgIpc) is 3.79. The number of para-hydroxylation sites is 3. The van der Waals surface area contributed by atoms with Crippen LogP contribution in [0.5, 0.6) is 0 Å². The summed E-state index contributed by atoms with van der Waals surface area (Å²) in [4.78, 5) is 0. The van der Waals surface area contributed by atoms with E-state index in [-0.39, 0.29) is 28.1 Å². The molecule has 240 valence electrons. The fourth-order valence-corrected chi connectivity index (χ4v) is 12.0. The van der Waals surface area contributed by atoms with Crippen molar-refractivity contribution in [1.29, 1.82) is 0 Å². The van der Waals surface area contributed by atoms with Crippen molar-refractivity contribution in [2.24, 2.45) is 0 Å². The first-order valence-corrected chi connectivity index (χ1v) is 18.9. The maximum absolute atomic E-state index is 10.3. The summed E-state index contributed by atoms with van der Waals surface area (Å²) in [6, 6.07) is 44.6. The fourth-order valence-electron chi connectivity index (χ4n) is 7.86. The van der Waals surface area contributed by atoms with Crippen LogP contribution in [0.2, 0.25) is 0 Å².